The average molecular weight is 375 g/mol. The van der Waals surface area contributed by atoms with Crippen molar-refractivity contribution in [3.05, 3.63) is 64.6 Å². The maximum atomic E-state index is 14.0. The molecular formula is C20H18FN7. The molecule has 0 spiro atoms. The van der Waals surface area contributed by atoms with Crippen LogP contribution in [0.4, 0.5) is 21.6 Å². The van der Waals surface area contributed by atoms with Crippen molar-refractivity contribution in [1.29, 1.82) is 5.26 Å². The first kappa shape index (κ1) is 17.8. The fraction of sp³-hybridized carbons (Fsp3) is 0.250. The van der Waals surface area contributed by atoms with Gasteiger partial charge in [-0.25, -0.2) is 4.39 Å². The average Bonchev–Trinajstić information content (AvgIpc) is 2.70. The second-order valence-corrected chi connectivity index (χ2v) is 6.78. The van der Waals surface area contributed by atoms with Crippen molar-refractivity contribution in [2.75, 3.05) is 16.8 Å². The van der Waals surface area contributed by atoms with Crippen molar-refractivity contribution >= 4 is 17.2 Å². The minimum absolute atomic E-state index is 0.307. The van der Waals surface area contributed by atoms with E-state index >= 15 is 0 Å². The third-order valence-corrected chi connectivity index (χ3v) is 4.68. The smallest absolute Gasteiger partial charge is 0.164 e. The summed E-state index contributed by atoms with van der Waals surface area (Å²) < 4.78 is 14.0. The van der Waals surface area contributed by atoms with Gasteiger partial charge in [-0.1, -0.05) is 0 Å². The van der Waals surface area contributed by atoms with Crippen LogP contribution in [0, 0.1) is 31.0 Å². The number of hydrogen-bond donors (Lipinski definition) is 1. The number of anilines is 3. The summed E-state index contributed by atoms with van der Waals surface area (Å²) >= 11 is 0. The first-order valence-electron chi connectivity index (χ1n) is 8.90. The number of fused-ring (bicyclic) bond motifs is 1. The number of halogens is 1. The van der Waals surface area contributed by atoms with Gasteiger partial charge in [-0.3, -0.25) is 9.97 Å². The molecule has 0 unspecified atom stereocenters. The zero-order chi connectivity index (χ0) is 19.7. The molecule has 4 rings (SSSR count). The highest BCUT2D eigenvalue weighted by Gasteiger charge is 2.21. The number of nitriles is 1. The molecule has 0 atom stereocenters. The van der Waals surface area contributed by atoms with Crippen molar-refractivity contribution in [1.82, 2.24) is 20.2 Å². The van der Waals surface area contributed by atoms with Crippen LogP contribution >= 0.6 is 0 Å². The van der Waals surface area contributed by atoms with Crippen molar-refractivity contribution in [2.45, 2.75) is 26.8 Å². The van der Waals surface area contributed by atoms with Gasteiger partial charge in [-0.05, 0) is 43.2 Å². The summed E-state index contributed by atoms with van der Waals surface area (Å²) in [6.07, 6.45) is 3.70. The second-order valence-electron chi connectivity index (χ2n) is 6.78. The summed E-state index contributed by atoms with van der Waals surface area (Å²) in [5, 5.41) is 20.2. The number of nitrogens with zero attached hydrogens (tertiary/aromatic N) is 6. The number of aromatic nitrogens is 4. The summed E-state index contributed by atoms with van der Waals surface area (Å²) in [5.74, 6) is 0.354. The molecule has 0 bridgehead atoms. The lowest BCUT2D eigenvalue weighted by atomic mass is 10.0. The fourth-order valence-electron chi connectivity index (χ4n) is 3.32. The molecule has 1 aliphatic rings. The number of pyridine rings is 2. The molecule has 0 amide bonds. The van der Waals surface area contributed by atoms with E-state index < -0.39 is 5.82 Å². The van der Waals surface area contributed by atoms with Gasteiger partial charge in [0.1, 0.15) is 6.07 Å². The van der Waals surface area contributed by atoms with Crippen LogP contribution in [0.3, 0.4) is 0 Å². The SMILES string of the molecule is Cc1cc(Nc2cnc3c(c2)CN(c2nnc(C#N)cc2C)CC3)c(F)cn1. The Bertz CT molecular complexity index is 1090. The van der Waals surface area contributed by atoms with E-state index in [1.54, 1.807) is 18.3 Å². The van der Waals surface area contributed by atoms with E-state index in [0.717, 1.165) is 41.3 Å². The third kappa shape index (κ3) is 3.47. The highest BCUT2D eigenvalue weighted by Crippen LogP contribution is 2.27. The predicted octanol–water partition coefficient (Wildman–Crippen LogP) is 3.20. The van der Waals surface area contributed by atoms with Gasteiger partial charge in [0, 0.05) is 30.9 Å². The molecule has 0 aliphatic carbocycles. The van der Waals surface area contributed by atoms with E-state index in [1.807, 2.05) is 26.0 Å². The Hall–Kier alpha value is -3.60. The van der Waals surface area contributed by atoms with Crippen LogP contribution in [-0.4, -0.2) is 26.7 Å². The summed E-state index contributed by atoms with van der Waals surface area (Å²) in [4.78, 5) is 10.6. The molecule has 140 valence electrons. The molecule has 1 aliphatic heterocycles. The molecule has 1 N–H and O–H groups in total. The van der Waals surface area contributed by atoms with Crippen LogP contribution in [0.1, 0.15) is 28.2 Å². The number of rotatable bonds is 3. The molecular weight excluding hydrogens is 357 g/mol. The molecule has 8 heteroatoms. The Morgan fingerprint density at radius 2 is 2.00 bits per heavy atom. The molecule has 3 aromatic rings. The summed E-state index contributed by atoms with van der Waals surface area (Å²) in [6.45, 7) is 5.13. The van der Waals surface area contributed by atoms with Gasteiger partial charge in [0.2, 0.25) is 0 Å². The molecule has 3 aromatic heterocycles. The Balaban J connectivity index is 1.59. The highest BCUT2D eigenvalue weighted by molar-refractivity contribution is 5.61. The van der Waals surface area contributed by atoms with Crippen LogP contribution in [0.15, 0.2) is 30.6 Å². The second kappa shape index (κ2) is 7.19. The normalized spacial score (nSPS) is 13.0. The van der Waals surface area contributed by atoms with Crippen LogP contribution < -0.4 is 10.2 Å². The summed E-state index contributed by atoms with van der Waals surface area (Å²) in [5.41, 5.74) is 5.10. The van der Waals surface area contributed by atoms with Crippen molar-refractivity contribution in [3.63, 3.8) is 0 Å². The quantitative estimate of drug-likeness (QED) is 0.752. The molecule has 0 saturated carbocycles. The first-order valence-corrected chi connectivity index (χ1v) is 8.90. The molecule has 28 heavy (non-hydrogen) atoms. The molecule has 4 heterocycles. The summed E-state index contributed by atoms with van der Waals surface area (Å²) in [7, 11) is 0. The monoisotopic (exact) mass is 375 g/mol. The van der Waals surface area contributed by atoms with Gasteiger partial charge in [-0.2, -0.15) is 5.26 Å². The first-order chi connectivity index (χ1) is 13.5. The van der Waals surface area contributed by atoms with Gasteiger partial charge in [0.05, 0.1) is 23.8 Å². The highest BCUT2D eigenvalue weighted by atomic mass is 19.1. The molecule has 0 fully saturated rings. The van der Waals surface area contributed by atoms with Crippen molar-refractivity contribution < 1.29 is 4.39 Å². The standard InChI is InChI=1S/C20H18FN7/c1-12-5-15(8-22)26-27-20(12)28-4-3-18-14(11-28)7-16(9-24-18)25-19-6-13(2)23-10-17(19)21/h5-7,9-10H,3-4,11H2,1-2H3,(H,23,25). The topological polar surface area (TPSA) is 90.6 Å². The largest absolute Gasteiger partial charge is 0.352 e. The van der Waals surface area contributed by atoms with Gasteiger partial charge in [-0.15, -0.1) is 10.2 Å². The van der Waals surface area contributed by atoms with Gasteiger partial charge < -0.3 is 10.2 Å². The number of aryl methyl sites for hydroxylation is 2. The summed E-state index contributed by atoms with van der Waals surface area (Å²) in [6, 6.07) is 7.39. The lowest BCUT2D eigenvalue weighted by molar-refractivity contribution is 0.624. The maximum Gasteiger partial charge on any atom is 0.164 e. The molecule has 7 nitrogen and oxygen atoms in total. The van der Waals surface area contributed by atoms with Gasteiger partial charge in [0.25, 0.3) is 0 Å². The zero-order valence-electron chi connectivity index (χ0n) is 15.6. The molecule has 0 radical (unpaired) electrons. The Kier molecular flexibility index (Phi) is 4.57. The van der Waals surface area contributed by atoms with E-state index in [-0.39, 0.29) is 0 Å². The van der Waals surface area contributed by atoms with Crippen LogP contribution in [0.2, 0.25) is 0 Å². The Morgan fingerprint density at radius 1 is 1.14 bits per heavy atom. The van der Waals surface area contributed by atoms with Gasteiger partial charge >= 0.3 is 0 Å². The van der Waals surface area contributed by atoms with E-state index in [0.29, 0.717) is 23.6 Å². The Morgan fingerprint density at radius 3 is 2.79 bits per heavy atom. The van der Waals surface area contributed by atoms with Crippen LogP contribution in [0.5, 0.6) is 0 Å². The maximum absolute atomic E-state index is 14.0. The van der Waals surface area contributed by atoms with Crippen molar-refractivity contribution in [3.8, 4) is 6.07 Å². The lowest BCUT2D eigenvalue weighted by Crippen LogP contribution is -2.32. The van der Waals surface area contributed by atoms with Crippen LogP contribution in [0.25, 0.3) is 0 Å². The van der Waals surface area contributed by atoms with E-state index in [9.17, 15) is 4.39 Å². The van der Waals surface area contributed by atoms with Gasteiger partial charge in [0.15, 0.2) is 17.3 Å². The Labute approximate surface area is 161 Å². The molecule has 0 saturated heterocycles. The van der Waals surface area contributed by atoms with Crippen molar-refractivity contribution in [2.24, 2.45) is 0 Å². The van der Waals surface area contributed by atoms with E-state index in [2.05, 4.69) is 30.4 Å². The van der Waals surface area contributed by atoms with E-state index in [1.165, 1.54) is 6.20 Å². The molecule has 0 aromatic carbocycles. The third-order valence-electron chi connectivity index (χ3n) is 4.68. The minimum atomic E-state index is -0.409. The lowest BCUT2D eigenvalue weighted by Gasteiger charge is -2.30. The zero-order valence-corrected chi connectivity index (χ0v) is 15.6. The van der Waals surface area contributed by atoms with E-state index in [4.69, 9.17) is 5.26 Å². The fourth-order valence-corrected chi connectivity index (χ4v) is 3.32. The van der Waals surface area contributed by atoms with Crippen LogP contribution in [-0.2, 0) is 13.0 Å². The number of nitrogens with one attached hydrogen (secondary N) is 1. The minimum Gasteiger partial charge on any atom is -0.352 e. The number of hydrogen-bond acceptors (Lipinski definition) is 7. The predicted molar refractivity (Wildman–Crippen MR) is 103 cm³/mol.